The Hall–Kier alpha value is -4.08. The fraction of sp³-hybridized carbons (Fsp3) is 0.238. The van der Waals surface area contributed by atoms with E-state index in [1.807, 2.05) is 13.8 Å². The molecule has 0 aromatic carbocycles. The molecule has 0 saturated carbocycles. The highest BCUT2D eigenvalue weighted by molar-refractivity contribution is 6.52. The van der Waals surface area contributed by atoms with Crippen LogP contribution in [0.2, 0.25) is 0 Å². The highest BCUT2D eigenvalue weighted by Gasteiger charge is 2.38. The number of nitrogens with one attached hydrogen (secondary N) is 1. The molecule has 1 aliphatic carbocycles. The molecule has 2 aromatic heterocycles. The number of nitrogens with zero attached hydrogens (tertiary/aromatic N) is 1. The molecule has 162 valence electrons. The maximum atomic E-state index is 12.6. The second-order valence-corrected chi connectivity index (χ2v) is 5.78. The number of carbonyl (C=O) groups excluding carboxylic acids is 5. The summed E-state index contributed by atoms with van der Waals surface area (Å²) >= 11 is 0. The lowest BCUT2D eigenvalue weighted by Gasteiger charge is -2.17. The quantitative estimate of drug-likeness (QED) is 0.329. The van der Waals surface area contributed by atoms with Crippen LogP contribution in [0.3, 0.4) is 0 Å². The van der Waals surface area contributed by atoms with E-state index in [9.17, 15) is 24.0 Å². The Morgan fingerprint density at radius 1 is 1.03 bits per heavy atom. The average molecular weight is 428 g/mol. The predicted octanol–water partition coefficient (Wildman–Crippen LogP) is 2.40. The normalized spacial score (nSPS) is 11.4. The van der Waals surface area contributed by atoms with Crippen LogP contribution in [0.25, 0.3) is 11.3 Å². The van der Waals surface area contributed by atoms with Crippen molar-refractivity contribution in [2.24, 2.45) is 0 Å². The van der Waals surface area contributed by atoms with E-state index in [0.29, 0.717) is 0 Å². The van der Waals surface area contributed by atoms with Gasteiger partial charge in [0.25, 0.3) is 5.78 Å². The lowest BCUT2D eigenvalue weighted by molar-refractivity contribution is 0.0541. The Balaban J connectivity index is 0.00000166. The Kier molecular flexibility index (Phi) is 7.19. The lowest BCUT2D eigenvalue weighted by Crippen LogP contribution is -2.25. The molecule has 0 fully saturated rings. The molecule has 31 heavy (non-hydrogen) atoms. The summed E-state index contributed by atoms with van der Waals surface area (Å²) in [6.45, 7) is 7.36. The number of aromatic nitrogens is 2. The van der Waals surface area contributed by atoms with Crippen molar-refractivity contribution in [2.75, 3.05) is 20.8 Å². The fourth-order valence-electron chi connectivity index (χ4n) is 2.83. The van der Waals surface area contributed by atoms with Gasteiger partial charge in [0.05, 0.1) is 31.0 Å². The molecule has 0 amide bonds. The van der Waals surface area contributed by atoms with Crippen molar-refractivity contribution < 1.29 is 38.2 Å². The molecule has 10 nitrogen and oxygen atoms in total. The fourth-order valence-corrected chi connectivity index (χ4v) is 2.83. The Morgan fingerprint density at radius 2 is 1.68 bits per heavy atom. The zero-order chi connectivity index (χ0) is 23.3. The van der Waals surface area contributed by atoms with Crippen molar-refractivity contribution in [3.8, 4) is 11.3 Å². The number of aromatic amines is 1. The van der Waals surface area contributed by atoms with Crippen LogP contribution in [0.4, 0.5) is 0 Å². The molecular weight excluding hydrogens is 408 g/mol. The van der Waals surface area contributed by atoms with Gasteiger partial charge in [0.15, 0.2) is 0 Å². The molecule has 0 spiro atoms. The highest BCUT2D eigenvalue weighted by atomic mass is 16.5. The van der Waals surface area contributed by atoms with E-state index in [-0.39, 0.29) is 40.4 Å². The monoisotopic (exact) mass is 428 g/mol. The molecule has 1 N–H and O–H groups in total. The number of methoxy groups -OCH3 is 2. The van der Waals surface area contributed by atoms with Crippen molar-refractivity contribution in [1.29, 1.82) is 0 Å². The van der Waals surface area contributed by atoms with Crippen LogP contribution in [0, 0.1) is 0 Å². The maximum absolute atomic E-state index is 12.6. The van der Waals surface area contributed by atoms with Gasteiger partial charge < -0.3 is 19.2 Å². The second-order valence-electron chi connectivity index (χ2n) is 5.78. The van der Waals surface area contributed by atoms with Gasteiger partial charge in [0.2, 0.25) is 5.78 Å². The van der Waals surface area contributed by atoms with E-state index in [2.05, 4.69) is 21.3 Å². The van der Waals surface area contributed by atoms with E-state index in [4.69, 9.17) is 9.47 Å². The zero-order valence-electron chi connectivity index (χ0n) is 17.4. The SMILES string of the molecule is C=CCOC(=O)c1cc2c([nH]1)-c1c(C(=O)OC)cc(C(=O)OC)nc1C(=O)C2=O.CC. The standard InChI is InChI=1S/C19H14N2O8.C2H6/c1-4-5-29-19(26)11-7-9-13(20-11)12-8(17(24)27-2)6-10(18(25)28-3)21-14(12)16(23)15(9)22;1-2/h4,6-7,20H,1,5H2,2-3H3;1-2H3. The van der Waals surface area contributed by atoms with Crippen LogP contribution in [-0.4, -0.2) is 60.3 Å². The molecule has 2 aromatic rings. The van der Waals surface area contributed by atoms with Gasteiger partial charge in [-0.3, -0.25) is 9.59 Å². The Labute approximate surface area is 177 Å². The van der Waals surface area contributed by atoms with E-state index >= 15 is 0 Å². The van der Waals surface area contributed by atoms with Crippen LogP contribution < -0.4 is 0 Å². The number of Topliss-reactive ketones (excluding diaryl/α,β-unsaturated/α-hetero) is 2. The van der Waals surface area contributed by atoms with Gasteiger partial charge in [-0.25, -0.2) is 19.4 Å². The molecule has 1 aliphatic rings. The average Bonchev–Trinajstić information content (AvgIpc) is 3.26. The van der Waals surface area contributed by atoms with E-state index < -0.39 is 35.2 Å². The number of carbonyl (C=O) groups is 5. The van der Waals surface area contributed by atoms with Gasteiger partial charge in [-0.1, -0.05) is 26.5 Å². The zero-order valence-corrected chi connectivity index (χ0v) is 17.4. The smallest absolute Gasteiger partial charge is 0.356 e. The summed E-state index contributed by atoms with van der Waals surface area (Å²) in [5.41, 5.74) is -1.28. The largest absolute Gasteiger partial charge is 0.465 e. The number of fused-ring (bicyclic) bond motifs is 3. The van der Waals surface area contributed by atoms with Gasteiger partial charge >= 0.3 is 17.9 Å². The van der Waals surface area contributed by atoms with Crippen LogP contribution in [0.5, 0.6) is 0 Å². The number of pyridine rings is 1. The molecular formula is C21H20N2O8. The summed E-state index contributed by atoms with van der Waals surface area (Å²) in [6, 6.07) is 2.24. The van der Waals surface area contributed by atoms with Crippen LogP contribution >= 0.6 is 0 Å². The second kappa shape index (κ2) is 9.61. The molecule has 0 atom stereocenters. The summed E-state index contributed by atoms with van der Waals surface area (Å²) in [7, 11) is 2.20. The molecule has 0 aliphatic heterocycles. The molecule has 0 bridgehead atoms. The predicted molar refractivity (Wildman–Crippen MR) is 107 cm³/mol. The first-order valence-electron chi connectivity index (χ1n) is 9.16. The molecule has 0 saturated heterocycles. The van der Waals surface area contributed by atoms with E-state index in [1.165, 1.54) is 6.08 Å². The molecule has 3 rings (SSSR count). The molecule has 0 unspecified atom stereocenters. The summed E-state index contributed by atoms with van der Waals surface area (Å²) in [4.78, 5) is 68.0. The summed E-state index contributed by atoms with van der Waals surface area (Å²) < 4.78 is 14.2. The number of hydrogen-bond acceptors (Lipinski definition) is 9. The summed E-state index contributed by atoms with van der Waals surface area (Å²) in [6.07, 6.45) is 1.36. The third-order valence-electron chi connectivity index (χ3n) is 4.11. The number of esters is 3. The van der Waals surface area contributed by atoms with Crippen molar-refractivity contribution in [2.45, 2.75) is 13.8 Å². The highest BCUT2D eigenvalue weighted by Crippen LogP contribution is 2.36. The van der Waals surface area contributed by atoms with Crippen LogP contribution in [0.1, 0.15) is 66.0 Å². The number of rotatable bonds is 5. The number of ketones is 2. The number of ether oxygens (including phenoxy) is 3. The van der Waals surface area contributed by atoms with Gasteiger partial charge in [-0.05, 0) is 12.1 Å². The third-order valence-corrected chi connectivity index (χ3v) is 4.11. The Bertz CT molecular complexity index is 1100. The van der Waals surface area contributed by atoms with Crippen molar-refractivity contribution >= 4 is 29.5 Å². The van der Waals surface area contributed by atoms with E-state index in [0.717, 1.165) is 26.4 Å². The topological polar surface area (TPSA) is 142 Å². The minimum Gasteiger partial charge on any atom is -0.465 e. The maximum Gasteiger partial charge on any atom is 0.356 e. The first-order valence-corrected chi connectivity index (χ1v) is 9.16. The van der Waals surface area contributed by atoms with Crippen molar-refractivity contribution in [3.05, 3.63) is 53.0 Å². The van der Waals surface area contributed by atoms with E-state index in [1.54, 1.807) is 0 Å². The number of H-pyrrole nitrogens is 1. The molecule has 2 heterocycles. The van der Waals surface area contributed by atoms with Crippen LogP contribution in [-0.2, 0) is 14.2 Å². The first kappa shape index (κ1) is 23.2. The molecule has 10 heteroatoms. The number of hydrogen-bond donors (Lipinski definition) is 1. The van der Waals surface area contributed by atoms with Gasteiger partial charge in [-0.2, -0.15) is 0 Å². The van der Waals surface area contributed by atoms with Crippen molar-refractivity contribution in [1.82, 2.24) is 9.97 Å². The van der Waals surface area contributed by atoms with Gasteiger partial charge in [0.1, 0.15) is 23.7 Å². The summed E-state index contributed by atoms with van der Waals surface area (Å²) in [5, 5.41) is 0. The van der Waals surface area contributed by atoms with Gasteiger partial charge in [-0.15, -0.1) is 0 Å². The third kappa shape index (κ3) is 4.13. The van der Waals surface area contributed by atoms with Crippen LogP contribution in [0.15, 0.2) is 24.8 Å². The van der Waals surface area contributed by atoms with Gasteiger partial charge in [0, 0.05) is 5.56 Å². The van der Waals surface area contributed by atoms with Crippen molar-refractivity contribution in [3.63, 3.8) is 0 Å². The minimum atomic E-state index is -1.05. The molecule has 0 radical (unpaired) electrons. The summed E-state index contributed by atoms with van der Waals surface area (Å²) in [5.74, 6) is -4.60. The Morgan fingerprint density at radius 3 is 2.26 bits per heavy atom. The minimum absolute atomic E-state index is 0.0134. The first-order chi connectivity index (χ1) is 14.8. The lowest BCUT2D eigenvalue weighted by atomic mass is 9.88.